The number of sulfonamides is 1. The Hall–Kier alpha value is -3.24. The molecule has 1 N–H and O–H groups in total. The number of amides is 1. The molecular weight excluding hydrogens is 481 g/mol. The second-order valence-electron chi connectivity index (χ2n) is 6.94. The molecule has 11 heteroatoms. The summed E-state index contributed by atoms with van der Waals surface area (Å²) < 4.78 is 69.3. The summed E-state index contributed by atoms with van der Waals surface area (Å²) in [6, 6.07) is 14.7. The summed E-state index contributed by atoms with van der Waals surface area (Å²) in [5.74, 6) is -1.05. The van der Waals surface area contributed by atoms with Crippen LogP contribution in [-0.2, 0) is 16.6 Å². The monoisotopic (exact) mass is 498 g/mol. The van der Waals surface area contributed by atoms with E-state index < -0.39 is 22.5 Å². The fraction of sp³-hybridized carbons (Fsp3) is 0.136. The van der Waals surface area contributed by atoms with Crippen LogP contribution in [-0.4, -0.2) is 32.9 Å². The number of nitrogens with zero attached hydrogens (tertiary/aromatic N) is 1. The zero-order valence-corrected chi connectivity index (χ0v) is 18.7. The molecule has 0 radical (unpaired) electrons. The Labute approximate surface area is 193 Å². The average Bonchev–Trinajstić information content (AvgIpc) is 2.76. The number of alkyl halides is 2. The minimum Gasteiger partial charge on any atom is -0.435 e. The van der Waals surface area contributed by atoms with Gasteiger partial charge in [-0.05, 0) is 60.2 Å². The first kappa shape index (κ1) is 24.4. The smallest absolute Gasteiger partial charge is 0.387 e. The van der Waals surface area contributed by atoms with E-state index in [9.17, 15) is 26.4 Å². The Bertz CT molecular complexity index is 1240. The molecule has 3 rings (SSSR count). The van der Waals surface area contributed by atoms with Gasteiger partial charge in [-0.25, -0.2) is 12.8 Å². The first-order chi connectivity index (χ1) is 15.5. The maximum absolute atomic E-state index is 13.3. The Morgan fingerprint density at radius 3 is 2.27 bits per heavy atom. The predicted molar refractivity (Wildman–Crippen MR) is 118 cm³/mol. The fourth-order valence-electron chi connectivity index (χ4n) is 2.88. The minimum absolute atomic E-state index is 0.0173. The van der Waals surface area contributed by atoms with E-state index >= 15 is 0 Å². The van der Waals surface area contributed by atoms with Crippen LogP contribution in [0.15, 0.2) is 71.6 Å². The van der Waals surface area contributed by atoms with E-state index in [2.05, 4.69) is 9.46 Å². The molecule has 33 heavy (non-hydrogen) atoms. The number of rotatable bonds is 8. The molecule has 6 nitrogen and oxygen atoms in total. The molecule has 3 aromatic carbocycles. The van der Waals surface area contributed by atoms with Crippen LogP contribution in [0.5, 0.6) is 5.75 Å². The van der Waals surface area contributed by atoms with E-state index in [1.54, 1.807) is 19.2 Å². The maximum Gasteiger partial charge on any atom is 0.387 e. The van der Waals surface area contributed by atoms with Gasteiger partial charge in [-0.3, -0.25) is 9.52 Å². The fourth-order valence-corrected chi connectivity index (χ4v) is 4.21. The summed E-state index contributed by atoms with van der Waals surface area (Å²) in [5.41, 5.74) is 1.21. The highest BCUT2D eigenvalue weighted by Gasteiger charge is 2.17. The third-order valence-electron chi connectivity index (χ3n) is 4.50. The van der Waals surface area contributed by atoms with Crippen LogP contribution in [0.3, 0.4) is 0 Å². The molecule has 0 atom stereocenters. The molecule has 0 spiro atoms. The van der Waals surface area contributed by atoms with Gasteiger partial charge in [0, 0.05) is 24.8 Å². The first-order valence-electron chi connectivity index (χ1n) is 9.42. The molecular formula is C22H18ClF3N2O4S. The van der Waals surface area contributed by atoms with Crippen molar-refractivity contribution in [2.45, 2.75) is 18.1 Å². The summed E-state index contributed by atoms with van der Waals surface area (Å²) >= 11 is 5.65. The SMILES string of the molecule is CN(Cc1ccc(OC(F)F)cc1)C(=O)c1ccc(NS(=O)(=O)c2ccc(F)c(Cl)c2)cc1. The van der Waals surface area contributed by atoms with Crippen molar-refractivity contribution in [2.75, 3.05) is 11.8 Å². The third kappa shape index (κ3) is 6.39. The minimum atomic E-state index is -4.01. The van der Waals surface area contributed by atoms with Crippen molar-refractivity contribution in [3.05, 3.63) is 88.7 Å². The Balaban J connectivity index is 1.65. The highest BCUT2D eigenvalue weighted by Crippen LogP contribution is 2.22. The van der Waals surface area contributed by atoms with Crippen molar-refractivity contribution < 1.29 is 31.1 Å². The van der Waals surface area contributed by atoms with Crippen LogP contribution in [0.25, 0.3) is 0 Å². The van der Waals surface area contributed by atoms with Crippen LogP contribution in [0.2, 0.25) is 5.02 Å². The van der Waals surface area contributed by atoms with Gasteiger partial charge >= 0.3 is 6.61 Å². The highest BCUT2D eigenvalue weighted by atomic mass is 35.5. The largest absolute Gasteiger partial charge is 0.435 e. The summed E-state index contributed by atoms with van der Waals surface area (Å²) in [6.07, 6.45) is 0. The second kappa shape index (κ2) is 10.1. The lowest BCUT2D eigenvalue weighted by Crippen LogP contribution is -2.26. The van der Waals surface area contributed by atoms with Gasteiger partial charge in [-0.15, -0.1) is 0 Å². The summed E-state index contributed by atoms with van der Waals surface area (Å²) in [5, 5.41) is -0.321. The lowest BCUT2D eigenvalue weighted by Gasteiger charge is -2.18. The number of hydrogen-bond acceptors (Lipinski definition) is 4. The quantitative estimate of drug-likeness (QED) is 0.466. The van der Waals surface area contributed by atoms with Gasteiger partial charge in [0.1, 0.15) is 11.6 Å². The van der Waals surface area contributed by atoms with E-state index in [1.165, 1.54) is 41.3 Å². The van der Waals surface area contributed by atoms with Gasteiger partial charge < -0.3 is 9.64 Å². The van der Waals surface area contributed by atoms with Gasteiger partial charge in [0.05, 0.1) is 9.92 Å². The van der Waals surface area contributed by atoms with Crippen molar-refractivity contribution in [1.82, 2.24) is 4.90 Å². The van der Waals surface area contributed by atoms with Gasteiger partial charge in [-0.1, -0.05) is 23.7 Å². The molecule has 0 saturated carbocycles. The Kier molecular flexibility index (Phi) is 7.50. The standard InChI is InChI=1S/C22H18ClF3N2O4S/c1-28(13-14-2-8-17(9-3-14)32-22(25)26)21(29)15-4-6-16(7-5-15)27-33(30,31)18-10-11-20(24)19(23)12-18/h2-12,22,27H,13H2,1H3. The van der Waals surface area contributed by atoms with Gasteiger partial charge in [-0.2, -0.15) is 8.78 Å². The second-order valence-corrected chi connectivity index (χ2v) is 9.03. The average molecular weight is 499 g/mol. The predicted octanol–water partition coefficient (Wildman–Crippen LogP) is 5.15. The van der Waals surface area contributed by atoms with Crippen LogP contribution in [0.4, 0.5) is 18.9 Å². The summed E-state index contributed by atoms with van der Waals surface area (Å²) in [4.78, 5) is 13.9. The normalized spacial score (nSPS) is 11.3. The first-order valence-corrected chi connectivity index (χ1v) is 11.3. The Morgan fingerprint density at radius 2 is 1.70 bits per heavy atom. The number of ether oxygens (including phenoxy) is 1. The lowest BCUT2D eigenvalue weighted by molar-refractivity contribution is -0.0498. The van der Waals surface area contributed by atoms with Crippen LogP contribution in [0.1, 0.15) is 15.9 Å². The van der Waals surface area contributed by atoms with Gasteiger partial charge in [0.15, 0.2) is 0 Å². The molecule has 174 valence electrons. The number of nitrogens with one attached hydrogen (secondary N) is 1. The van der Waals surface area contributed by atoms with Crippen molar-refractivity contribution in [3.63, 3.8) is 0 Å². The summed E-state index contributed by atoms with van der Waals surface area (Å²) in [6.45, 7) is -2.70. The molecule has 3 aromatic rings. The number of benzene rings is 3. The molecule has 0 aromatic heterocycles. The van der Waals surface area contributed by atoms with E-state index in [4.69, 9.17) is 11.6 Å². The van der Waals surface area contributed by atoms with Crippen molar-refractivity contribution in [2.24, 2.45) is 0 Å². The number of halogens is 4. The van der Waals surface area contributed by atoms with E-state index in [1.807, 2.05) is 0 Å². The van der Waals surface area contributed by atoms with E-state index in [0.29, 0.717) is 11.1 Å². The third-order valence-corrected chi connectivity index (χ3v) is 6.17. The molecule has 0 fully saturated rings. The number of anilines is 1. The summed E-state index contributed by atoms with van der Waals surface area (Å²) in [7, 11) is -2.44. The van der Waals surface area contributed by atoms with Crippen molar-refractivity contribution in [1.29, 1.82) is 0 Å². The maximum atomic E-state index is 13.3. The molecule has 0 aliphatic carbocycles. The number of carbonyl (C=O) groups is 1. The molecule has 0 aliphatic heterocycles. The molecule has 1 amide bonds. The van der Waals surface area contributed by atoms with Crippen molar-refractivity contribution in [3.8, 4) is 5.75 Å². The zero-order chi connectivity index (χ0) is 24.2. The van der Waals surface area contributed by atoms with E-state index in [-0.39, 0.29) is 33.8 Å². The van der Waals surface area contributed by atoms with Gasteiger partial charge in [0.25, 0.3) is 15.9 Å². The number of hydrogen-bond donors (Lipinski definition) is 1. The number of carbonyl (C=O) groups excluding carboxylic acids is 1. The highest BCUT2D eigenvalue weighted by molar-refractivity contribution is 7.92. The lowest BCUT2D eigenvalue weighted by atomic mass is 10.1. The van der Waals surface area contributed by atoms with Crippen LogP contribution >= 0.6 is 11.6 Å². The van der Waals surface area contributed by atoms with Crippen molar-refractivity contribution >= 4 is 33.2 Å². The molecule has 0 unspecified atom stereocenters. The molecule has 0 saturated heterocycles. The molecule has 0 heterocycles. The van der Waals surface area contributed by atoms with Crippen LogP contribution < -0.4 is 9.46 Å². The molecule has 0 aliphatic rings. The molecule has 0 bridgehead atoms. The Morgan fingerprint density at radius 1 is 1.06 bits per heavy atom. The van der Waals surface area contributed by atoms with Crippen LogP contribution in [0, 0.1) is 5.82 Å². The zero-order valence-electron chi connectivity index (χ0n) is 17.1. The van der Waals surface area contributed by atoms with E-state index in [0.717, 1.165) is 18.2 Å². The topological polar surface area (TPSA) is 75.7 Å². The van der Waals surface area contributed by atoms with Gasteiger partial charge in [0.2, 0.25) is 0 Å².